The van der Waals surface area contributed by atoms with Gasteiger partial charge < -0.3 is 14.9 Å². The zero-order valence-electron chi connectivity index (χ0n) is 9.92. The predicted octanol–water partition coefficient (Wildman–Crippen LogP) is 1.23. The van der Waals surface area contributed by atoms with Crippen LogP contribution < -0.4 is 0 Å². The molecule has 2 rings (SSSR count). The van der Waals surface area contributed by atoms with Crippen LogP contribution in [0.2, 0.25) is 0 Å². The van der Waals surface area contributed by atoms with E-state index in [2.05, 4.69) is 0 Å². The summed E-state index contributed by atoms with van der Waals surface area (Å²) in [4.78, 5) is 0. The molecule has 1 saturated carbocycles. The van der Waals surface area contributed by atoms with Crippen LogP contribution in [0.3, 0.4) is 0 Å². The molecule has 2 N–H and O–H groups in total. The summed E-state index contributed by atoms with van der Waals surface area (Å²) in [6, 6.07) is 0. The quantitative estimate of drug-likeness (QED) is 0.789. The van der Waals surface area contributed by atoms with Crippen LogP contribution in [0.4, 0.5) is 8.78 Å². The second kappa shape index (κ2) is 4.44. The van der Waals surface area contributed by atoms with Gasteiger partial charge in [0.25, 0.3) is 0 Å². The molecule has 0 bridgehead atoms. The van der Waals surface area contributed by atoms with Crippen molar-refractivity contribution in [3.8, 4) is 0 Å². The van der Waals surface area contributed by atoms with Gasteiger partial charge in [0.15, 0.2) is 0 Å². The van der Waals surface area contributed by atoms with Crippen molar-refractivity contribution < 1.29 is 23.7 Å². The maximum atomic E-state index is 12.8. The third-order valence-corrected chi connectivity index (χ3v) is 4.64. The standard InChI is InChI=1S/C12H20F2O3/c13-7-10(8-14)5-12(16,6-10)11(9-15)1-3-17-4-2-11/h15-16H,1-9H2. The Kier molecular flexibility index (Phi) is 3.45. The molecule has 0 aromatic rings. The van der Waals surface area contributed by atoms with Crippen molar-refractivity contribution in [1.29, 1.82) is 0 Å². The maximum Gasteiger partial charge on any atom is 0.0977 e. The van der Waals surface area contributed by atoms with E-state index in [-0.39, 0.29) is 19.4 Å². The van der Waals surface area contributed by atoms with Gasteiger partial charge >= 0.3 is 0 Å². The van der Waals surface area contributed by atoms with E-state index < -0.39 is 29.8 Å². The number of aliphatic hydroxyl groups is 2. The van der Waals surface area contributed by atoms with Gasteiger partial charge in [-0.15, -0.1) is 0 Å². The molecule has 0 aromatic heterocycles. The number of hydrogen-bond acceptors (Lipinski definition) is 3. The molecular weight excluding hydrogens is 230 g/mol. The van der Waals surface area contributed by atoms with E-state index in [0.717, 1.165) is 0 Å². The molecule has 3 nitrogen and oxygen atoms in total. The van der Waals surface area contributed by atoms with E-state index in [9.17, 15) is 19.0 Å². The fraction of sp³-hybridized carbons (Fsp3) is 1.00. The van der Waals surface area contributed by atoms with Crippen molar-refractivity contribution in [3.63, 3.8) is 0 Å². The minimum Gasteiger partial charge on any atom is -0.396 e. The lowest BCUT2D eigenvalue weighted by atomic mass is 9.49. The van der Waals surface area contributed by atoms with E-state index in [1.165, 1.54) is 0 Å². The molecule has 0 radical (unpaired) electrons. The topological polar surface area (TPSA) is 49.7 Å². The van der Waals surface area contributed by atoms with Crippen molar-refractivity contribution in [3.05, 3.63) is 0 Å². The molecule has 1 aliphatic heterocycles. The highest BCUT2D eigenvalue weighted by molar-refractivity contribution is 5.13. The minimum atomic E-state index is -1.14. The van der Waals surface area contributed by atoms with Crippen LogP contribution in [-0.4, -0.2) is 49.0 Å². The Bertz CT molecular complexity index is 265. The number of halogens is 2. The van der Waals surface area contributed by atoms with Crippen LogP contribution in [0.1, 0.15) is 25.7 Å². The van der Waals surface area contributed by atoms with Crippen LogP contribution in [-0.2, 0) is 4.74 Å². The highest BCUT2D eigenvalue weighted by atomic mass is 19.1. The Morgan fingerprint density at radius 1 is 1.06 bits per heavy atom. The lowest BCUT2D eigenvalue weighted by Gasteiger charge is -2.60. The van der Waals surface area contributed by atoms with E-state index in [1.807, 2.05) is 0 Å². The molecule has 17 heavy (non-hydrogen) atoms. The SMILES string of the molecule is OCC1(C2(O)CC(CF)(CF)C2)CCOCC1. The molecular formula is C12H20F2O3. The maximum absolute atomic E-state index is 12.8. The van der Waals surface area contributed by atoms with Gasteiger partial charge in [0, 0.05) is 24.0 Å². The third kappa shape index (κ3) is 1.88. The Morgan fingerprint density at radius 2 is 1.59 bits per heavy atom. The summed E-state index contributed by atoms with van der Waals surface area (Å²) >= 11 is 0. The summed E-state index contributed by atoms with van der Waals surface area (Å²) in [5, 5.41) is 20.1. The molecule has 0 aromatic carbocycles. The molecule has 1 aliphatic carbocycles. The minimum absolute atomic E-state index is 0.105. The van der Waals surface area contributed by atoms with Crippen LogP contribution >= 0.6 is 0 Å². The molecule has 0 unspecified atom stereocenters. The summed E-state index contributed by atoms with van der Waals surface area (Å²) in [5.41, 5.74) is -2.79. The van der Waals surface area contributed by atoms with Crippen LogP contribution in [0, 0.1) is 10.8 Å². The molecule has 5 heteroatoms. The smallest absolute Gasteiger partial charge is 0.0977 e. The molecule has 1 heterocycles. The van der Waals surface area contributed by atoms with E-state index in [1.54, 1.807) is 0 Å². The van der Waals surface area contributed by atoms with Gasteiger partial charge in [0.1, 0.15) is 0 Å². The normalized spacial score (nSPS) is 29.6. The van der Waals surface area contributed by atoms with Gasteiger partial charge in [-0.2, -0.15) is 0 Å². The molecule has 2 aliphatic rings. The first-order chi connectivity index (χ1) is 8.05. The first-order valence-corrected chi connectivity index (χ1v) is 6.08. The second-order valence-corrected chi connectivity index (χ2v) is 5.70. The molecule has 100 valence electrons. The van der Waals surface area contributed by atoms with Gasteiger partial charge in [0.2, 0.25) is 0 Å². The van der Waals surface area contributed by atoms with Gasteiger partial charge in [-0.3, -0.25) is 8.78 Å². The summed E-state index contributed by atoms with van der Waals surface area (Å²) in [7, 11) is 0. The molecule has 0 spiro atoms. The van der Waals surface area contributed by atoms with E-state index >= 15 is 0 Å². The summed E-state index contributed by atoms with van der Waals surface area (Å²) in [6.45, 7) is -0.669. The van der Waals surface area contributed by atoms with E-state index in [0.29, 0.717) is 26.1 Å². The number of aliphatic hydroxyl groups excluding tert-OH is 1. The number of ether oxygens (including phenoxy) is 1. The molecule has 1 saturated heterocycles. The number of hydrogen-bond donors (Lipinski definition) is 2. The second-order valence-electron chi connectivity index (χ2n) is 5.70. The summed E-state index contributed by atoms with van der Waals surface area (Å²) in [5.74, 6) is 0. The fourth-order valence-electron chi connectivity index (χ4n) is 3.32. The molecule has 2 fully saturated rings. The molecule has 0 atom stereocenters. The molecule has 0 amide bonds. The van der Waals surface area contributed by atoms with Crippen molar-refractivity contribution in [2.75, 3.05) is 33.2 Å². The third-order valence-electron chi connectivity index (χ3n) is 4.64. The number of rotatable bonds is 4. The van der Waals surface area contributed by atoms with Crippen molar-refractivity contribution in [2.45, 2.75) is 31.3 Å². The number of alkyl halides is 2. The van der Waals surface area contributed by atoms with Crippen LogP contribution in [0.5, 0.6) is 0 Å². The fourth-order valence-corrected chi connectivity index (χ4v) is 3.32. The Balaban J connectivity index is 2.11. The highest BCUT2D eigenvalue weighted by Gasteiger charge is 2.63. The monoisotopic (exact) mass is 250 g/mol. The zero-order valence-corrected chi connectivity index (χ0v) is 9.92. The first-order valence-electron chi connectivity index (χ1n) is 6.08. The highest BCUT2D eigenvalue weighted by Crippen LogP contribution is 2.59. The summed E-state index contributed by atoms with van der Waals surface area (Å²) < 4.78 is 30.8. The van der Waals surface area contributed by atoms with Gasteiger partial charge in [0.05, 0.1) is 25.6 Å². The Labute approximate surface area is 99.8 Å². The first kappa shape index (κ1) is 13.2. The van der Waals surface area contributed by atoms with Gasteiger partial charge in [-0.25, -0.2) is 0 Å². The van der Waals surface area contributed by atoms with Crippen LogP contribution in [0.15, 0.2) is 0 Å². The van der Waals surface area contributed by atoms with Crippen molar-refractivity contribution >= 4 is 0 Å². The predicted molar refractivity (Wildman–Crippen MR) is 58.1 cm³/mol. The lowest BCUT2D eigenvalue weighted by molar-refractivity contribution is -0.243. The van der Waals surface area contributed by atoms with Gasteiger partial charge in [-0.1, -0.05) is 0 Å². The average molecular weight is 250 g/mol. The van der Waals surface area contributed by atoms with Crippen molar-refractivity contribution in [1.82, 2.24) is 0 Å². The zero-order chi connectivity index (χ0) is 12.6. The van der Waals surface area contributed by atoms with E-state index in [4.69, 9.17) is 4.74 Å². The largest absolute Gasteiger partial charge is 0.396 e. The lowest BCUT2D eigenvalue weighted by Crippen LogP contribution is -2.65. The summed E-state index contributed by atoms with van der Waals surface area (Å²) in [6.07, 6.45) is 1.31. The van der Waals surface area contributed by atoms with Crippen LogP contribution in [0.25, 0.3) is 0 Å². The van der Waals surface area contributed by atoms with Gasteiger partial charge in [-0.05, 0) is 25.7 Å². The Hall–Kier alpha value is -0.260. The Morgan fingerprint density at radius 3 is 2.00 bits per heavy atom. The average Bonchev–Trinajstić information content (AvgIpc) is 2.35. The van der Waals surface area contributed by atoms with Crippen molar-refractivity contribution in [2.24, 2.45) is 10.8 Å².